The highest BCUT2D eigenvalue weighted by Crippen LogP contribution is 2.12. The van der Waals surface area contributed by atoms with Crippen LogP contribution in [0.5, 0.6) is 0 Å². The first-order chi connectivity index (χ1) is 8.32. The molecule has 0 radical (unpaired) electrons. The summed E-state index contributed by atoms with van der Waals surface area (Å²) >= 11 is 0. The predicted octanol–water partition coefficient (Wildman–Crippen LogP) is 2.95. The van der Waals surface area contributed by atoms with Gasteiger partial charge in [-0.15, -0.1) is 0 Å². The van der Waals surface area contributed by atoms with Crippen LogP contribution in [0.4, 0.5) is 8.78 Å². The second-order valence-corrected chi connectivity index (χ2v) is 4.64. The van der Waals surface area contributed by atoms with Crippen LogP contribution in [0.15, 0.2) is 24.3 Å². The molecule has 0 unspecified atom stereocenters. The molecule has 0 fully saturated rings. The number of amides is 1. The van der Waals surface area contributed by atoms with Gasteiger partial charge in [-0.05, 0) is 30.9 Å². The summed E-state index contributed by atoms with van der Waals surface area (Å²) in [4.78, 5) is 11.1. The Bertz CT molecular complexity index is 395. The van der Waals surface area contributed by atoms with E-state index in [9.17, 15) is 13.6 Å². The topological polar surface area (TPSA) is 29.1 Å². The van der Waals surface area contributed by atoms with Gasteiger partial charge in [-0.3, -0.25) is 4.79 Å². The van der Waals surface area contributed by atoms with Gasteiger partial charge >= 0.3 is 5.92 Å². The van der Waals surface area contributed by atoms with E-state index in [0.717, 1.165) is 12.0 Å². The fraction of sp³-hybridized carbons (Fsp3) is 0.500. The third kappa shape index (κ3) is 4.43. The van der Waals surface area contributed by atoms with Crippen LogP contribution < -0.4 is 5.32 Å². The average molecular weight is 255 g/mol. The maximum Gasteiger partial charge on any atom is 0.321 e. The summed E-state index contributed by atoms with van der Waals surface area (Å²) in [6, 6.07) is 7.64. The number of benzene rings is 1. The van der Waals surface area contributed by atoms with Crippen molar-refractivity contribution in [1.29, 1.82) is 0 Å². The zero-order valence-electron chi connectivity index (χ0n) is 11.0. The Morgan fingerprint density at radius 2 is 1.78 bits per heavy atom. The lowest BCUT2D eigenvalue weighted by atomic mass is 10.0. The van der Waals surface area contributed by atoms with Crippen molar-refractivity contribution in [1.82, 2.24) is 5.32 Å². The number of nitrogens with one attached hydrogen (secondary N) is 1. The lowest BCUT2D eigenvalue weighted by molar-refractivity contribution is -0.143. The number of halogens is 2. The Hall–Kier alpha value is -1.45. The average Bonchev–Trinajstić information content (AvgIpc) is 2.28. The first-order valence-corrected chi connectivity index (χ1v) is 6.09. The van der Waals surface area contributed by atoms with E-state index in [1.807, 2.05) is 24.3 Å². The molecule has 4 heteroatoms. The van der Waals surface area contributed by atoms with Gasteiger partial charge in [0.1, 0.15) is 0 Å². The quantitative estimate of drug-likeness (QED) is 0.861. The van der Waals surface area contributed by atoms with Crippen molar-refractivity contribution in [2.45, 2.75) is 45.6 Å². The van der Waals surface area contributed by atoms with E-state index < -0.39 is 11.8 Å². The second-order valence-electron chi connectivity index (χ2n) is 4.64. The van der Waals surface area contributed by atoms with E-state index in [-0.39, 0.29) is 6.04 Å². The summed E-state index contributed by atoms with van der Waals surface area (Å²) in [5.41, 5.74) is 2.26. The van der Waals surface area contributed by atoms with E-state index in [1.54, 1.807) is 6.92 Å². The van der Waals surface area contributed by atoms with Gasteiger partial charge in [0, 0.05) is 13.0 Å². The zero-order chi connectivity index (χ0) is 13.8. The van der Waals surface area contributed by atoms with Crippen molar-refractivity contribution < 1.29 is 13.6 Å². The molecule has 0 aromatic heterocycles. The highest BCUT2D eigenvalue weighted by atomic mass is 19.3. The molecule has 1 atom stereocenters. The standard InChI is InChI=1S/C14H19F2NO/c1-4-11-5-7-12(8-6-11)9-10(2)17-13(18)14(3,15)16/h5-8,10H,4,9H2,1-3H3,(H,17,18)/t10-/m0/s1. The monoisotopic (exact) mass is 255 g/mol. The molecule has 0 aliphatic rings. The molecule has 0 bridgehead atoms. The molecule has 18 heavy (non-hydrogen) atoms. The molecule has 0 saturated carbocycles. The number of hydrogen-bond acceptors (Lipinski definition) is 1. The van der Waals surface area contributed by atoms with E-state index in [2.05, 4.69) is 12.2 Å². The van der Waals surface area contributed by atoms with Gasteiger partial charge < -0.3 is 5.32 Å². The van der Waals surface area contributed by atoms with E-state index in [0.29, 0.717) is 13.3 Å². The number of alkyl halides is 2. The minimum absolute atomic E-state index is 0.309. The lowest BCUT2D eigenvalue weighted by Gasteiger charge is -2.17. The Balaban J connectivity index is 2.54. The van der Waals surface area contributed by atoms with Crippen LogP contribution >= 0.6 is 0 Å². The number of hydrogen-bond donors (Lipinski definition) is 1. The molecule has 0 aliphatic heterocycles. The van der Waals surface area contributed by atoms with E-state index in [1.165, 1.54) is 5.56 Å². The van der Waals surface area contributed by atoms with Crippen molar-refractivity contribution in [3.63, 3.8) is 0 Å². The normalized spacial score (nSPS) is 13.2. The van der Waals surface area contributed by atoms with Crippen LogP contribution in [0, 0.1) is 0 Å². The third-order valence-electron chi connectivity index (χ3n) is 2.75. The van der Waals surface area contributed by atoms with E-state index in [4.69, 9.17) is 0 Å². The Kier molecular flexibility index (Phi) is 4.82. The molecule has 1 rings (SSSR count). The van der Waals surface area contributed by atoms with Crippen molar-refractivity contribution in [2.24, 2.45) is 0 Å². The van der Waals surface area contributed by atoms with Crippen LogP contribution in [0.25, 0.3) is 0 Å². The van der Waals surface area contributed by atoms with Crippen LogP contribution in [0.1, 0.15) is 31.9 Å². The number of rotatable bonds is 5. The smallest absolute Gasteiger partial charge is 0.321 e. The summed E-state index contributed by atoms with van der Waals surface area (Å²) in [6.07, 6.45) is 1.51. The third-order valence-corrected chi connectivity index (χ3v) is 2.75. The zero-order valence-corrected chi connectivity index (χ0v) is 11.0. The summed E-state index contributed by atoms with van der Waals surface area (Å²) < 4.78 is 25.4. The Morgan fingerprint density at radius 3 is 2.22 bits per heavy atom. The number of carbonyl (C=O) groups excluding carboxylic acids is 1. The Morgan fingerprint density at radius 1 is 1.28 bits per heavy atom. The minimum atomic E-state index is -3.32. The highest BCUT2D eigenvalue weighted by molar-refractivity contribution is 5.83. The van der Waals surface area contributed by atoms with Crippen LogP contribution in [0.3, 0.4) is 0 Å². The summed E-state index contributed by atoms with van der Waals surface area (Å²) in [7, 11) is 0. The predicted molar refractivity (Wildman–Crippen MR) is 67.7 cm³/mol. The molecule has 0 spiro atoms. The lowest BCUT2D eigenvalue weighted by Crippen LogP contribution is -2.43. The van der Waals surface area contributed by atoms with E-state index >= 15 is 0 Å². The van der Waals surface area contributed by atoms with Gasteiger partial charge in [-0.25, -0.2) is 0 Å². The minimum Gasteiger partial charge on any atom is -0.348 e. The maximum atomic E-state index is 12.7. The summed E-state index contributed by atoms with van der Waals surface area (Å²) in [5.74, 6) is -4.54. The molecule has 2 nitrogen and oxygen atoms in total. The van der Waals surface area contributed by atoms with Crippen LogP contribution in [0.2, 0.25) is 0 Å². The first kappa shape index (κ1) is 14.6. The molecule has 0 saturated heterocycles. The van der Waals surface area contributed by atoms with Gasteiger partial charge in [0.2, 0.25) is 0 Å². The van der Waals surface area contributed by atoms with Gasteiger partial charge in [0.25, 0.3) is 5.91 Å². The van der Waals surface area contributed by atoms with Crippen molar-refractivity contribution >= 4 is 5.91 Å². The largest absolute Gasteiger partial charge is 0.348 e. The molecule has 1 aromatic rings. The van der Waals surface area contributed by atoms with Gasteiger partial charge in [-0.1, -0.05) is 31.2 Å². The summed E-state index contributed by atoms with van der Waals surface area (Å²) in [6.45, 7) is 4.39. The Labute approximate surface area is 106 Å². The number of carbonyl (C=O) groups is 1. The van der Waals surface area contributed by atoms with Crippen LogP contribution in [-0.2, 0) is 17.6 Å². The second kappa shape index (κ2) is 5.94. The van der Waals surface area contributed by atoms with Gasteiger partial charge in [0.05, 0.1) is 0 Å². The molecule has 100 valence electrons. The van der Waals surface area contributed by atoms with Gasteiger partial charge in [0.15, 0.2) is 0 Å². The number of aryl methyl sites for hydroxylation is 1. The fourth-order valence-electron chi connectivity index (χ4n) is 1.67. The molecular weight excluding hydrogens is 236 g/mol. The molecule has 0 heterocycles. The summed E-state index contributed by atoms with van der Waals surface area (Å²) in [5, 5.41) is 2.31. The fourth-order valence-corrected chi connectivity index (χ4v) is 1.67. The SMILES string of the molecule is CCc1ccc(C[C@H](C)NC(=O)C(C)(F)F)cc1. The molecule has 1 aromatic carbocycles. The molecule has 1 amide bonds. The van der Waals surface area contributed by atoms with Gasteiger partial charge in [-0.2, -0.15) is 8.78 Å². The molecular formula is C14H19F2NO. The van der Waals surface area contributed by atoms with Crippen LogP contribution in [-0.4, -0.2) is 17.9 Å². The highest BCUT2D eigenvalue weighted by Gasteiger charge is 2.32. The van der Waals surface area contributed by atoms with Crippen molar-refractivity contribution in [3.05, 3.63) is 35.4 Å². The van der Waals surface area contributed by atoms with Crippen molar-refractivity contribution in [2.75, 3.05) is 0 Å². The molecule has 0 aliphatic carbocycles. The first-order valence-electron chi connectivity index (χ1n) is 6.09. The molecule has 1 N–H and O–H groups in total. The maximum absolute atomic E-state index is 12.7. The van der Waals surface area contributed by atoms with Crippen molar-refractivity contribution in [3.8, 4) is 0 Å².